The Hall–Kier alpha value is -4.43. The molecule has 242 valence electrons. The van der Waals surface area contributed by atoms with Crippen LogP contribution in [0.5, 0.6) is 0 Å². The minimum absolute atomic E-state index is 0.0877. The second kappa shape index (κ2) is 15.2. The number of aryl methyl sites for hydroxylation is 4. The van der Waals surface area contributed by atoms with E-state index in [1.54, 1.807) is 36.4 Å². The molecule has 0 spiro atoms. The molecule has 0 aliphatic rings. The zero-order chi connectivity index (χ0) is 33.4. The van der Waals surface area contributed by atoms with Gasteiger partial charge in [0.15, 0.2) is 0 Å². The number of amides is 2. The first kappa shape index (κ1) is 34.4. The van der Waals surface area contributed by atoms with Crippen molar-refractivity contribution in [2.75, 3.05) is 10.8 Å². The van der Waals surface area contributed by atoms with Crippen LogP contribution in [-0.2, 0) is 32.6 Å². The molecule has 0 aliphatic heterocycles. The van der Waals surface area contributed by atoms with Gasteiger partial charge in [0, 0.05) is 19.0 Å². The third-order valence-corrected chi connectivity index (χ3v) is 10.2. The van der Waals surface area contributed by atoms with E-state index in [9.17, 15) is 18.0 Å². The van der Waals surface area contributed by atoms with E-state index in [0.717, 1.165) is 39.8 Å². The second-order valence-corrected chi connectivity index (χ2v) is 14.0. The molecular formula is C38H45N3O4S. The van der Waals surface area contributed by atoms with Crippen molar-refractivity contribution in [1.29, 1.82) is 0 Å². The third-order valence-electron chi connectivity index (χ3n) is 8.37. The molecule has 0 heterocycles. The fourth-order valence-corrected chi connectivity index (χ4v) is 6.66. The number of sulfonamides is 1. The van der Waals surface area contributed by atoms with E-state index >= 15 is 0 Å². The van der Waals surface area contributed by atoms with E-state index in [2.05, 4.69) is 5.32 Å². The largest absolute Gasteiger partial charge is 0.352 e. The van der Waals surface area contributed by atoms with Gasteiger partial charge in [-0.3, -0.25) is 13.9 Å². The van der Waals surface area contributed by atoms with Gasteiger partial charge in [-0.05, 0) is 87.6 Å². The maximum atomic E-state index is 14.6. The Balaban J connectivity index is 1.83. The summed E-state index contributed by atoms with van der Waals surface area (Å²) in [6, 6.07) is 28.4. The van der Waals surface area contributed by atoms with Gasteiger partial charge >= 0.3 is 0 Å². The van der Waals surface area contributed by atoms with Gasteiger partial charge in [-0.25, -0.2) is 8.42 Å². The number of carbonyl (C=O) groups excluding carboxylic acids is 2. The summed E-state index contributed by atoms with van der Waals surface area (Å²) in [6.07, 6.45) is 1.000. The highest BCUT2D eigenvalue weighted by molar-refractivity contribution is 7.92. The first-order chi connectivity index (χ1) is 21.9. The van der Waals surface area contributed by atoms with Crippen LogP contribution in [0.1, 0.15) is 53.6 Å². The molecule has 46 heavy (non-hydrogen) atoms. The maximum absolute atomic E-state index is 14.6. The number of anilines is 1. The Bertz CT molecular complexity index is 1750. The quantitative estimate of drug-likeness (QED) is 0.177. The molecule has 7 nitrogen and oxygen atoms in total. The first-order valence-corrected chi connectivity index (χ1v) is 17.2. The van der Waals surface area contributed by atoms with Crippen LogP contribution in [0.25, 0.3) is 0 Å². The molecule has 0 aliphatic carbocycles. The smallest absolute Gasteiger partial charge is 0.264 e. The molecule has 4 rings (SSSR count). The van der Waals surface area contributed by atoms with Crippen molar-refractivity contribution in [2.45, 2.75) is 77.9 Å². The molecular weight excluding hydrogens is 595 g/mol. The van der Waals surface area contributed by atoms with Crippen molar-refractivity contribution in [3.05, 3.63) is 130 Å². The number of hydrogen-bond donors (Lipinski definition) is 1. The molecule has 0 saturated heterocycles. The van der Waals surface area contributed by atoms with E-state index < -0.39 is 28.5 Å². The molecule has 4 aromatic rings. The van der Waals surface area contributed by atoms with Crippen LogP contribution < -0.4 is 9.62 Å². The van der Waals surface area contributed by atoms with Gasteiger partial charge in [-0.15, -0.1) is 0 Å². The molecule has 0 saturated carbocycles. The third kappa shape index (κ3) is 8.63. The van der Waals surface area contributed by atoms with E-state index in [1.807, 2.05) is 102 Å². The van der Waals surface area contributed by atoms with Gasteiger partial charge in [-0.1, -0.05) is 90.8 Å². The average molecular weight is 640 g/mol. The summed E-state index contributed by atoms with van der Waals surface area (Å²) in [5.41, 5.74) is 5.99. The van der Waals surface area contributed by atoms with Gasteiger partial charge in [0.2, 0.25) is 11.8 Å². The van der Waals surface area contributed by atoms with Crippen molar-refractivity contribution in [1.82, 2.24) is 10.2 Å². The molecule has 4 aromatic carbocycles. The number of nitrogens with one attached hydrogen (secondary N) is 1. The van der Waals surface area contributed by atoms with Crippen LogP contribution in [-0.4, -0.2) is 43.8 Å². The monoisotopic (exact) mass is 639 g/mol. The fourth-order valence-electron chi connectivity index (χ4n) is 5.25. The number of carbonyl (C=O) groups is 2. The Morgan fingerprint density at radius 3 is 2.07 bits per heavy atom. The van der Waals surface area contributed by atoms with Crippen molar-refractivity contribution in [3.8, 4) is 0 Å². The van der Waals surface area contributed by atoms with Gasteiger partial charge in [-0.2, -0.15) is 0 Å². The number of nitrogens with zero attached hydrogens (tertiary/aromatic N) is 2. The molecule has 0 radical (unpaired) electrons. The number of benzene rings is 4. The van der Waals surface area contributed by atoms with Crippen LogP contribution in [0.2, 0.25) is 0 Å². The maximum Gasteiger partial charge on any atom is 0.264 e. The van der Waals surface area contributed by atoms with Crippen molar-refractivity contribution < 1.29 is 18.0 Å². The van der Waals surface area contributed by atoms with Crippen molar-refractivity contribution in [2.24, 2.45) is 0 Å². The second-order valence-electron chi connectivity index (χ2n) is 12.1. The van der Waals surface area contributed by atoms with Crippen LogP contribution in [0, 0.1) is 27.7 Å². The van der Waals surface area contributed by atoms with Gasteiger partial charge in [0.05, 0.1) is 10.6 Å². The zero-order valence-electron chi connectivity index (χ0n) is 27.7. The van der Waals surface area contributed by atoms with Gasteiger partial charge < -0.3 is 10.2 Å². The summed E-state index contributed by atoms with van der Waals surface area (Å²) in [6.45, 7) is 11.3. The number of rotatable bonds is 13. The first-order valence-electron chi connectivity index (χ1n) is 15.7. The normalized spacial score (nSPS) is 12.7. The summed E-state index contributed by atoms with van der Waals surface area (Å²) in [4.78, 5) is 30.2. The van der Waals surface area contributed by atoms with E-state index in [1.165, 1.54) is 9.21 Å². The Morgan fingerprint density at radius 1 is 0.761 bits per heavy atom. The molecule has 0 bridgehead atoms. The Morgan fingerprint density at radius 2 is 1.43 bits per heavy atom. The zero-order valence-corrected chi connectivity index (χ0v) is 28.5. The molecule has 8 heteroatoms. The summed E-state index contributed by atoms with van der Waals surface area (Å²) in [7, 11) is -4.15. The lowest BCUT2D eigenvalue weighted by Gasteiger charge is -2.34. The lowest BCUT2D eigenvalue weighted by atomic mass is 10.0. The van der Waals surface area contributed by atoms with Crippen molar-refractivity contribution in [3.63, 3.8) is 0 Å². The molecule has 0 unspecified atom stereocenters. The summed E-state index contributed by atoms with van der Waals surface area (Å²) in [5, 5.41) is 3.08. The summed E-state index contributed by atoms with van der Waals surface area (Å²) >= 11 is 0. The fraction of sp³-hybridized carbons (Fsp3) is 0.316. The summed E-state index contributed by atoms with van der Waals surface area (Å²) < 4.78 is 29.7. The van der Waals surface area contributed by atoms with Crippen LogP contribution in [0.15, 0.2) is 102 Å². The van der Waals surface area contributed by atoms with Gasteiger partial charge in [0.1, 0.15) is 12.6 Å². The molecule has 2 atom stereocenters. The molecule has 0 aromatic heterocycles. The predicted molar refractivity (Wildman–Crippen MR) is 185 cm³/mol. The lowest BCUT2D eigenvalue weighted by Crippen LogP contribution is -2.54. The van der Waals surface area contributed by atoms with Crippen LogP contribution in [0.3, 0.4) is 0 Å². The molecule has 1 N–H and O–H groups in total. The highest BCUT2D eigenvalue weighted by Crippen LogP contribution is 2.27. The highest BCUT2D eigenvalue weighted by Gasteiger charge is 2.35. The van der Waals surface area contributed by atoms with Crippen LogP contribution >= 0.6 is 0 Å². The Kier molecular flexibility index (Phi) is 11.4. The van der Waals surface area contributed by atoms with Crippen LogP contribution in [0.4, 0.5) is 5.69 Å². The minimum Gasteiger partial charge on any atom is -0.352 e. The minimum atomic E-state index is -4.15. The average Bonchev–Trinajstić information content (AvgIpc) is 3.03. The summed E-state index contributed by atoms with van der Waals surface area (Å²) in [5.74, 6) is -0.756. The van der Waals surface area contributed by atoms with E-state index in [0.29, 0.717) is 5.69 Å². The Labute approximate surface area is 274 Å². The number of hydrogen-bond acceptors (Lipinski definition) is 4. The highest BCUT2D eigenvalue weighted by atomic mass is 32.2. The van der Waals surface area contributed by atoms with Crippen molar-refractivity contribution >= 4 is 27.5 Å². The molecule has 2 amide bonds. The van der Waals surface area contributed by atoms with Gasteiger partial charge in [0.25, 0.3) is 10.0 Å². The SMILES string of the molecule is CC[C@@H](C)NC(=O)[C@H](Cc1ccccc1)N(Cc1cccc(C)c1)C(=O)CN(c1ccc(C)c(C)c1)S(=O)(=O)c1ccc(C)cc1. The van der Waals surface area contributed by atoms with E-state index in [-0.39, 0.29) is 29.8 Å². The van der Waals surface area contributed by atoms with E-state index in [4.69, 9.17) is 0 Å². The lowest BCUT2D eigenvalue weighted by molar-refractivity contribution is -0.140. The topological polar surface area (TPSA) is 86.8 Å². The molecule has 0 fully saturated rings. The predicted octanol–water partition coefficient (Wildman–Crippen LogP) is 6.67. The standard InChI is InChI=1S/C38H45N3O4S/c1-7-31(6)39-38(43)36(24-32-13-9-8-10-14-32)40(25-33-15-11-12-28(3)22-33)37(42)26-41(34-19-18-29(4)30(5)23-34)46(44,45)35-20-16-27(2)17-21-35/h8-23,31,36H,7,24-26H2,1-6H3,(H,39,43)/t31-,36+/m1/s1.